The second kappa shape index (κ2) is 3.99. The fourth-order valence-electron chi connectivity index (χ4n) is 0.910. The van der Waals surface area contributed by atoms with Crippen molar-refractivity contribution < 1.29 is 4.79 Å². The average molecular weight is 218 g/mol. The van der Waals surface area contributed by atoms with Crippen LogP contribution in [-0.4, -0.2) is 24.9 Å². The molecule has 0 spiro atoms. The van der Waals surface area contributed by atoms with Gasteiger partial charge in [-0.1, -0.05) is 29.3 Å². The molecule has 2 nitrogen and oxygen atoms in total. The summed E-state index contributed by atoms with van der Waals surface area (Å²) in [5.74, 6) is -0.146. The fraction of sp³-hybridized carbons (Fsp3) is 0.222. The van der Waals surface area contributed by atoms with Gasteiger partial charge < -0.3 is 4.90 Å². The monoisotopic (exact) mass is 217 g/mol. The van der Waals surface area contributed by atoms with Gasteiger partial charge in [0, 0.05) is 14.1 Å². The summed E-state index contributed by atoms with van der Waals surface area (Å²) in [5, 5.41) is 0.706. The Morgan fingerprint density at radius 2 is 1.92 bits per heavy atom. The molecule has 0 unspecified atom stereocenters. The molecule has 70 valence electrons. The largest absolute Gasteiger partial charge is 0.345 e. The number of carbonyl (C=O) groups is 1. The zero-order valence-corrected chi connectivity index (χ0v) is 8.86. The highest BCUT2D eigenvalue weighted by Gasteiger charge is 2.13. The van der Waals surface area contributed by atoms with Crippen LogP contribution >= 0.6 is 23.2 Å². The highest BCUT2D eigenvalue weighted by molar-refractivity contribution is 6.43. The van der Waals surface area contributed by atoms with E-state index in [1.165, 1.54) is 4.90 Å². The van der Waals surface area contributed by atoms with E-state index in [1.807, 2.05) is 0 Å². The molecule has 13 heavy (non-hydrogen) atoms. The van der Waals surface area contributed by atoms with Crippen molar-refractivity contribution in [2.75, 3.05) is 14.1 Å². The number of hydrogen-bond acceptors (Lipinski definition) is 1. The smallest absolute Gasteiger partial charge is 0.254 e. The summed E-state index contributed by atoms with van der Waals surface area (Å²) >= 11 is 11.6. The first-order chi connectivity index (χ1) is 6.04. The van der Waals surface area contributed by atoms with Crippen molar-refractivity contribution in [3.05, 3.63) is 33.8 Å². The summed E-state index contributed by atoms with van der Waals surface area (Å²) in [6.45, 7) is 0. The van der Waals surface area contributed by atoms with Gasteiger partial charge >= 0.3 is 0 Å². The predicted molar refractivity (Wildman–Crippen MR) is 54.5 cm³/mol. The van der Waals surface area contributed by atoms with Crippen molar-refractivity contribution in [1.82, 2.24) is 4.90 Å². The first kappa shape index (κ1) is 10.4. The molecule has 0 aromatic heterocycles. The van der Waals surface area contributed by atoms with E-state index in [9.17, 15) is 4.79 Å². The van der Waals surface area contributed by atoms with E-state index in [4.69, 9.17) is 23.2 Å². The Bertz CT molecular complexity index is 336. The Morgan fingerprint density at radius 3 is 2.46 bits per heavy atom. The molecule has 0 radical (unpaired) electrons. The van der Waals surface area contributed by atoms with Crippen molar-refractivity contribution >= 4 is 29.1 Å². The van der Waals surface area contributed by atoms with E-state index in [0.29, 0.717) is 15.6 Å². The van der Waals surface area contributed by atoms with E-state index in [0.717, 1.165) is 0 Å². The lowest BCUT2D eigenvalue weighted by atomic mass is 10.2. The first-order valence-electron chi connectivity index (χ1n) is 3.69. The lowest BCUT2D eigenvalue weighted by molar-refractivity contribution is 0.0828. The Balaban J connectivity index is 3.15. The summed E-state index contributed by atoms with van der Waals surface area (Å²) in [7, 11) is 3.33. The maximum atomic E-state index is 11.5. The number of hydrogen-bond donors (Lipinski definition) is 0. The van der Waals surface area contributed by atoms with E-state index in [-0.39, 0.29) is 5.91 Å². The topological polar surface area (TPSA) is 20.3 Å². The number of amides is 1. The summed E-state index contributed by atoms with van der Waals surface area (Å²) in [4.78, 5) is 13.0. The van der Waals surface area contributed by atoms with Gasteiger partial charge in [0.05, 0.1) is 15.6 Å². The molecule has 1 amide bonds. The van der Waals surface area contributed by atoms with Gasteiger partial charge in [0.15, 0.2) is 0 Å². The van der Waals surface area contributed by atoms with Crippen LogP contribution in [0.15, 0.2) is 18.2 Å². The van der Waals surface area contributed by atoms with E-state index < -0.39 is 0 Å². The average Bonchev–Trinajstić information content (AvgIpc) is 2.08. The lowest BCUT2D eigenvalue weighted by Crippen LogP contribution is -2.21. The Hall–Kier alpha value is -0.730. The second-order valence-electron chi connectivity index (χ2n) is 2.80. The second-order valence-corrected chi connectivity index (χ2v) is 3.59. The summed E-state index contributed by atoms with van der Waals surface area (Å²) in [5.41, 5.74) is 0.430. The van der Waals surface area contributed by atoms with Gasteiger partial charge in [-0.3, -0.25) is 4.79 Å². The van der Waals surface area contributed by atoms with Gasteiger partial charge in [0.2, 0.25) is 0 Å². The van der Waals surface area contributed by atoms with Gasteiger partial charge in [-0.15, -0.1) is 0 Å². The zero-order valence-electron chi connectivity index (χ0n) is 7.34. The number of carbonyl (C=O) groups excluding carboxylic acids is 1. The first-order valence-corrected chi connectivity index (χ1v) is 4.45. The molecular weight excluding hydrogens is 209 g/mol. The van der Waals surface area contributed by atoms with Gasteiger partial charge in [-0.05, 0) is 12.1 Å². The van der Waals surface area contributed by atoms with Crippen molar-refractivity contribution in [2.45, 2.75) is 0 Å². The minimum atomic E-state index is -0.146. The van der Waals surface area contributed by atoms with E-state index in [2.05, 4.69) is 0 Å². The molecule has 0 saturated heterocycles. The van der Waals surface area contributed by atoms with Crippen molar-refractivity contribution in [3.8, 4) is 0 Å². The van der Waals surface area contributed by atoms with Crippen molar-refractivity contribution in [3.63, 3.8) is 0 Å². The molecule has 0 atom stereocenters. The van der Waals surface area contributed by atoms with Gasteiger partial charge in [-0.2, -0.15) is 0 Å². The highest BCUT2D eigenvalue weighted by Crippen LogP contribution is 2.25. The maximum absolute atomic E-state index is 11.5. The molecule has 1 aromatic rings. The van der Waals surface area contributed by atoms with Crippen LogP contribution in [0.5, 0.6) is 0 Å². The highest BCUT2D eigenvalue weighted by atomic mass is 35.5. The third kappa shape index (κ3) is 2.14. The molecule has 0 aliphatic rings. The van der Waals surface area contributed by atoms with Crippen LogP contribution in [0.2, 0.25) is 10.0 Å². The van der Waals surface area contributed by atoms with Crippen molar-refractivity contribution in [1.29, 1.82) is 0 Å². The van der Waals surface area contributed by atoms with Crippen LogP contribution in [0.4, 0.5) is 0 Å². The molecular formula is C9H9Cl2NO. The van der Waals surface area contributed by atoms with Gasteiger partial charge in [0.1, 0.15) is 0 Å². The molecule has 0 heterocycles. The quantitative estimate of drug-likeness (QED) is 0.709. The minimum Gasteiger partial charge on any atom is -0.345 e. The molecule has 4 heteroatoms. The third-order valence-corrected chi connectivity index (χ3v) is 2.41. The van der Waals surface area contributed by atoms with Crippen LogP contribution in [0.25, 0.3) is 0 Å². The third-order valence-electron chi connectivity index (χ3n) is 1.59. The minimum absolute atomic E-state index is 0.146. The lowest BCUT2D eigenvalue weighted by Gasteiger charge is -2.11. The fourth-order valence-corrected chi connectivity index (χ4v) is 1.29. The van der Waals surface area contributed by atoms with Gasteiger partial charge in [-0.25, -0.2) is 0 Å². The molecule has 0 aliphatic carbocycles. The van der Waals surface area contributed by atoms with Crippen LogP contribution < -0.4 is 0 Å². The number of halogens is 2. The SMILES string of the molecule is CN(C)C(=O)c1cccc(Cl)c1Cl. The molecule has 0 bridgehead atoms. The molecule has 0 aliphatic heterocycles. The van der Waals surface area contributed by atoms with Gasteiger partial charge in [0.25, 0.3) is 5.91 Å². The number of benzene rings is 1. The van der Waals surface area contributed by atoms with Crippen LogP contribution in [0, 0.1) is 0 Å². The maximum Gasteiger partial charge on any atom is 0.254 e. The number of nitrogens with zero attached hydrogens (tertiary/aromatic N) is 1. The standard InChI is InChI=1S/C9H9Cl2NO/c1-12(2)9(13)6-4-3-5-7(10)8(6)11/h3-5H,1-2H3. The van der Waals surface area contributed by atoms with E-state index in [1.54, 1.807) is 32.3 Å². The number of rotatable bonds is 1. The molecule has 1 aromatic carbocycles. The van der Waals surface area contributed by atoms with E-state index >= 15 is 0 Å². The zero-order chi connectivity index (χ0) is 10.0. The summed E-state index contributed by atoms with van der Waals surface area (Å²) in [6, 6.07) is 5.00. The molecule has 0 saturated carbocycles. The Labute approximate surface area is 87.1 Å². The normalized spacial score (nSPS) is 9.85. The summed E-state index contributed by atoms with van der Waals surface area (Å²) in [6.07, 6.45) is 0. The predicted octanol–water partition coefficient (Wildman–Crippen LogP) is 2.70. The van der Waals surface area contributed by atoms with Crippen LogP contribution in [-0.2, 0) is 0 Å². The van der Waals surface area contributed by atoms with Crippen LogP contribution in [0.3, 0.4) is 0 Å². The Morgan fingerprint density at radius 1 is 1.31 bits per heavy atom. The molecule has 0 fully saturated rings. The van der Waals surface area contributed by atoms with Crippen LogP contribution in [0.1, 0.15) is 10.4 Å². The molecule has 1 rings (SSSR count). The summed E-state index contributed by atoms with van der Waals surface area (Å²) < 4.78 is 0. The molecule has 0 N–H and O–H groups in total. The van der Waals surface area contributed by atoms with Crippen molar-refractivity contribution in [2.24, 2.45) is 0 Å². The Kier molecular flexibility index (Phi) is 3.17.